The molecule has 2 N–H and O–H groups in total. The van der Waals surface area contributed by atoms with Crippen LogP contribution in [0.3, 0.4) is 0 Å². The maximum atomic E-state index is 13.6. The fourth-order valence-corrected chi connectivity index (χ4v) is 4.18. The second-order valence-corrected chi connectivity index (χ2v) is 7.66. The number of aryl methyl sites for hydroxylation is 1. The van der Waals surface area contributed by atoms with Gasteiger partial charge in [-0.2, -0.15) is 0 Å². The summed E-state index contributed by atoms with van der Waals surface area (Å²) >= 11 is 0. The minimum Gasteiger partial charge on any atom is -0.497 e. The Morgan fingerprint density at radius 1 is 1.06 bits per heavy atom. The number of likely N-dealkylation sites (N-methyl/N-ethyl adjacent to an activating group) is 1. The number of carbonyl (C=O) groups is 1. The standard InChI is InChI=1S/C24H22N4O3/c1-4-14-9-16(13-26-12-14)15-5-7-20-18(10-15)24(22(29)28(2)23(25)27-24)19-11-17(30-3)6-8-21(19)31-20/h5-13H,4H2,1-3H3,(H2,25,27). The number of amides is 1. The summed E-state index contributed by atoms with van der Waals surface area (Å²) in [5, 5.41) is 0. The Kier molecular flexibility index (Phi) is 4.22. The van der Waals surface area contributed by atoms with Crippen molar-refractivity contribution in [2.45, 2.75) is 18.9 Å². The number of nitrogens with zero attached hydrogens (tertiary/aromatic N) is 3. The third kappa shape index (κ3) is 2.70. The van der Waals surface area contributed by atoms with Crippen LogP contribution in [0.5, 0.6) is 17.2 Å². The number of rotatable bonds is 3. The number of methoxy groups -OCH3 is 1. The van der Waals surface area contributed by atoms with Gasteiger partial charge in [-0.15, -0.1) is 0 Å². The Balaban J connectivity index is 1.77. The summed E-state index contributed by atoms with van der Waals surface area (Å²) in [6.07, 6.45) is 4.56. The van der Waals surface area contributed by atoms with Gasteiger partial charge in [0.2, 0.25) is 5.54 Å². The van der Waals surface area contributed by atoms with Crippen molar-refractivity contribution in [3.05, 3.63) is 71.5 Å². The summed E-state index contributed by atoms with van der Waals surface area (Å²) in [7, 11) is 3.21. The Bertz CT molecular complexity index is 1250. The molecule has 1 spiro atoms. The molecule has 31 heavy (non-hydrogen) atoms. The maximum Gasteiger partial charge on any atom is 0.266 e. The predicted molar refractivity (Wildman–Crippen MR) is 117 cm³/mol. The van der Waals surface area contributed by atoms with Crippen LogP contribution in [0.2, 0.25) is 0 Å². The van der Waals surface area contributed by atoms with Crippen LogP contribution < -0.4 is 15.2 Å². The number of hydrogen-bond donors (Lipinski definition) is 1. The summed E-state index contributed by atoms with van der Waals surface area (Å²) in [6, 6.07) is 13.3. The molecule has 0 saturated carbocycles. The molecule has 0 aliphatic carbocycles. The zero-order chi connectivity index (χ0) is 21.8. The number of guanidine groups is 1. The number of aromatic nitrogens is 1. The third-order valence-corrected chi connectivity index (χ3v) is 5.94. The van der Waals surface area contributed by atoms with Gasteiger partial charge in [0.25, 0.3) is 5.91 Å². The molecule has 1 atom stereocenters. The van der Waals surface area contributed by atoms with E-state index < -0.39 is 5.54 Å². The number of pyridine rings is 1. The Labute approximate surface area is 180 Å². The van der Waals surface area contributed by atoms with E-state index >= 15 is 0 Å². The van der Waals surface area contributed by atoms with E-state index in [0.717, 1.165) is 23.1 Å². The first-order chi connectivity index (χ1) is 15.0. The average Bonchev–Trinajstić information content (AvgIpc) is 3.03. The van der Waals surface area contributed by atoms with Crippen molar-refractivity contribution in [2.24, 2.45) is 10.7 Å². The highest BCUT2D eigenvalue weighted by Crippen LogP contribution is 2.53. The molecule has 1 amide bonds. The minimum absolute atomic E-state index is 0.159. The molecule has 3 aromatic rings. The second-order valence-electron chi connectivity index (χ2n) is 7.66. The van der Waals surface area contributed by atoms with Crippen LogP contribution in [-0.4, -0.2) is 35.9 Å². The Hall–Kier alpha value is -3.87. The van der Waals surface area contributed by atoms with Gasteiger partial charge in [-0.25, -0.2) is 4.99 Å². The first-order valence-electron chi connectivity index (χ1n) is 10.1. The van der Waals surface area contributed by atoms with E-state index in [1.54, 1.807) is 32.4 Å². The van der Waals surface area contributed by atoms with E-state index in [4.69, 9.17) is 15.2 Å². The van der Waals surface area contributed by atoms with Crippen molar-refractivity contribution in [3.63, 3.8) is 0 Å². The third-order valence-electron chi connectivity index (χ3n) is 5.94. The first-order valence-corrected chi connectivity index (χ1v) is 10.1. The lowest BCUT2D eigenvalue weighted by Crippen LogP contribution is -2.42. The fraction of sp³-hybridized carbons (Fsp3) is 0.208. The molecule has 0 bridgehead atoms. The van der Waals surface area contributed by atoms with Gasteiger partial charge in [-0.05, 0) is 53.9 Å². The molecule has 2 aromatic carbocycles. The molecule has 7 heteroatoms. The first kappa shape index (κ1) is 19.1. The fourth-order valence-electron chi connectivity index (χ4n) is 4.18. The highest BCUT2D eigenvalue weighted by Gasteiger charge is 2.54. The van der Waals surface area contributed by atoms with Crippen molar-refractivity contribution < 1.29 is 14.3 Å². The van der Waals surface area contributed by atoms with Crippen LogP contribution in [0.25, 0.3) is 11.1 Å². The van der Waals surface area contributed by atoms with Crippen LogP contribution >= 0.6 is 0 Å². The number of fused-ring (bicyclic) bond motifs is 4. The van der Waals surface area contributed by atoms with E-state index in [1.807, 2.05) is 30.6 Å². The summed E-state index contributed by atoms with van der Waals surface area (Å²) < 4.78 is 11.6. The molecular weight excluding hydrogens is 392 g/mol. The zero-order valence-electron chi connectivity index (χ0n) is 17.5. The molecule has 5 rings (SSSR count). The van der Waals surface area contributed by atoms with Gasteiger partial charge in [0.05, 0.1) is 7.11 Å². The van der Waals surface area contributed by atoms with E-state index in [9.17, 15) is 4.79 Å². The monoisotopic (exact) mass is 414 g/mol. The van der Waals surface area contributed by atoms with Gasteiger partial charge in [0, 0.05) is 36.1 Å². The lowest BCUT2D eigenvalue weighted by Gasteiger charge is -2.34. The molecule has 0 radical (unpaired) electrons. The second kappa shape index (κ2) is 6.84. The Morgan fingerprint density at radius 3 is 2.48 bits per heavy atom. The number of carbonyl (C=O) groups excluding carboxylic acids is 1. The van der Waals surface area contributed by atoms with E-state index in [1.165, 1.54) is 4.90 Å². The highest BCUT2D eigenvalue weighted by molar-refractivity contribution is 6.10. The normalized spacial score (nSPS) is 19.0. The molecule has 1 unspecified atom stereocenters. The SMILES string of the molecule is CCc1cncc(-c2ccc3c(c2)C2(N=C(N)N(C)C2=O)c2cc(OC)ccc2O3)c1. The number of ether oxygens (including phenoxy) is 2. The van der Waals surface area contributed by atoms with Gasteiger partial charge < -0.3 is 15.2 Å². The van der Waals surface area contributed by atoms with Crippen molar-refractivity contribution in [3.8, 4) is 28.4 Å². The summed E-state index contributed by atoms with van der Waals surface area (Å²) in [5.41, 5.74) is 9.06. The molecule has 7 nitrogen and oxygen atoms in total. The molecule has 1 aromatic heterocycles. The van der Waals surface area contributed by atoms with Gasteiger partial charge >= 0.3 is 0 Å². The van der Waals surface area contributed by atoms with Gasteiger partial charge in [0.15, 0.2) is 5.96 Å². The van der Waals surface area contributed by atoms with Crippen LogP contribution in [0.1, 0.15) is 23.6 Å². The van der Waals surface area contributed by atoms with Gasteiger partial charge in [-0.3, -0.25) is 14.7 Å². The highest BCUT2D eigenvalue weighted by atomic mass is 16.5. The number of aliphatic imine (C=N–C) groups is 1. The number of hydrogen-bond acceptors (Lipinski definition) is 6. The topological polar surface area (TPSA) is 90.0 Å². The molecule has 156 valence electrons. The largest absolute Gasteiger partial charge is 0.497 e. The number of nitrogens with two attached hydrogens (primary N) is 1. The van der Waals surface area contributed by atoms with Crippen LogP contribution in [0.4, 0.5) is 0 Å². The van der Waals surface area contributed by atoms with E-state index in [0.29, 0.717) is 28.4 Å². The van der Waals surface area contributed by atoms with Crippen molar-refractivity contribution in [1.29, 1.82) is 0 Å². The van der Waals surface area contributed by atoms with Crippen molar-refractivity contribution >= 4 is 11.9 Å². The van der Waals surface area contributed by atoms with Crippen molar-refractivity contribution in [1.82, 2.24) is 9.88 Å². The molecule has 3 heterocycles. The van der Waals surface area contributed by atoms with Crippen LogP contribution in [0, 0.1) is 0 Å². The zero-order valence-corrected chi connectivity index (χ0v) is 17.5. The summed E-state index contributed by atoms with van der Waals surface area (Å²) in [5.74, 6) is 1.66. The molecule has 2 aliphatic rings. The smallest absolute Gasteiger partial charge is 0.266 e. The van der Waals surface area contributed by atoms with Gasteiger partial charge in [0.1, 0.15) is 17.2 Å². The molecule has 2 aliphatic heterocycles. The Morgan fingerprint density at radius 2 is 1.81 bits per heavy atom. The molecule has 0 saturated heterocycles. The predicted octanol–water partition coefficient (Wildman–Crippen LogP) is 3.46. The average molecular weight is 414 g/mol. The maximum absolute atomic E-state index is 13.6. The quantitative estimate of drug-likeness (QED) is 0.709. The number of benzene rings is 2. The van der Waals surface area contributed by atoms with Crippen molar-refractivity contribution in [2.75, 3.05) is 14.2 Å². The lowest BCUT2D eigenvalue weighted by atomic mass is 9.79. The summed E-state index contributed by atoms with van der Waals surface area (Å²) in [4.78, 5) is 24.0. The van der Waals surface area contributed by atoms with Gasteiger partial charge in [-0.1, -0.05) is 13.0 Å². The van der Waals surface area contributed by atoms with Crippen LogP contribution in [-0.2, 0) is 16.8 Å². The lowest BCUT2D eigenvalue weighted by molar-refractivity contribution is -0.129. The summed E-state index contributed by atoms with van der Waals surface area (Å²) in [6.45, 7) is 2.09. The molecular formula is C24H22N4O3. The van der Waals surface area contributed by atoms with Crippen LogP contribution in [0.15, 0.2) is 59.9 Å². The molecule has 0 fully saturated rings. The van der Waals surface area contributed by atoms with E-state index in [2.05, 4.69) is 23.0 Å². The minimum atomic E-state index is -1.33. The van der Waals surface area contributed by atoms with E-state index in [-0.39, 0.29) is 11.9 Å².